The molecule has 0 spiro atoms. The summed E-state index contributed by atoms with van der Waals surface area (Å²) in [5.74, 6) is 0.343. The summed E-state index contributed by atoms with van der Waals surface area (Å²) >= 11 is 0. The number of hydrogen-bond donors (Lipinski definition) is 1. The van der Waals surface area contributed by atoms with Crippen molar-refractivity contribution in [2.24, 2.45) is 0 Å². The number of aromatic hydroxyl groups is 1. The summed E-state index contributed by atoms with van der Waals surface area (Å²) < 4.78 is 0. The molecule has 0 aliphatic carbocycles. The number of phenolic OH excluding ortho intramolecular Hbond substituents is 1. The SMILES string of the molecule is Cc1ccccc1-c1ccc(O)c(C)c1-c1ccccc1C. The summed E-state index contributed by atoms with van der Waals surface area (Å²) in [6.07, 6.45) is 0. The molecule has 0 aliphatic heterocycles. The Bertz CT molecular complexity index is 831. The quantitative estimate of drug-likeness (QED) is 0.646. The van der Waals surface area contributed by atoms with Gasteiger partial charge in [-0.05, 0) is 65.8 Å². The summed E-state index contributed by atoms with van der Waals surface area (Å²) in [5.41, 5.74) is 8.05. The highest BCUT2D eigenvalue weighted by Crippen LogP contribution is 2.40. The fourth-order valence-electron chi connectivity index (χ4n) is 3.00. The lowest BCUT2D eigenvalue weighted by Gasteiger charge is -2.17. The fourth-order valence-corrected chi connectivity index (χ4v) is 3.00. The van der Waals surface area contributed by atoms with E-state index >= 15 is 0 Å². The largest absolute Gasteiger partial charge is 0.508 e. The van der Waals surface area contributed by atoms with Crippen LogP contribution in [0, 0.1) is 20.8 Å². The minimum atomic E-state index is 0.343. The molecular weight excluding hydrogens is 268 g/mol. The van der Waals surface area contributed by atoms with E-state index in [1.807, 2.05) is 25.1 Å². The minimum Gasteiger partial charge on any atom is -0.508 e. The lowest BCUT2D eigenvalue weighted by Crippen LogP contribution is -1.93. The molecule has 3 aromatic carbocycles. The molecule has 110 valence electrons. The van der Waals surface area contributed by atoms with Gasteiger partial charge in [0.2, 0.25) is 0 Å². The third-order valence-corrected chi connectivity index (χ3v) is 4.29. The molecule has 0 saturated heterocycles. The summed E-state index contributed by atoms with van der Waals surface area (Å²) in [6, 6.07) is 20.5. The van der Waals surface area contributed by atoms with Gasteiger partial charge in [-0.3, -0.25) is 0 Å². The van der Waals surface area contributed by atoms with Crippen LogP contribution >= 0.6 is 0 Å². The van der Waals surface area contributed by atoms with Crippen LogP contribution in [-0.4, -0.2) is 5.11 Å². The van der Waals surface area contributed by atoms with Gasteiger partial charge in [0.1, 0.15) is 5.75 Å². The Hall–Kier alpha value is -2.54. The third kappa shape index (κ3) is 2.39. The van der Waals surface area contributed by atoms with E-state index in [0.29, 0.717) is 5.75 Å². The number of hydrogen-bond acceptors (Lipinski definition) is 1. The van der Waals surface area contributed by atoms with Crippen molar-refractivity contribution in [1.82, 2.24) is 0 Å². The Labute approximate surface area is 131 Å². The number of benzene rings is 3. The molecule has 0 saturated carbocycles. The fraction of sp³-hybridized carbons (Fsp3) is 0.143. The van der Waals surface area contributed by atoms with Crippen LogP contribution in [0.5, 0.6) is 5.75 Å². The van der Waals surface area contributed by atoms with Crippen molar-refractivity contribution >= 4 is 0 Å². The Morgan fingerprint density at radius 3 is 1.73 bits per heavy atom. The van der Waals surface area contributed by atoms with Gasteiger partial charge in [-0.1, -0.05) is 54.6 Å². The van der Waals surface area contributed by atoms with Crippen LogP contribution < -0.4 is 0 Å². The van der Waals surface area contributed by atoms with Gasteiger partial charge in [-0.2, -0.15) is 0 Å². The third-order valence-electron chi connectivity index (χ3n) is 4.29. The Morgan fingerprint density at radius 1 is 0.591 bits per heavy atom. The second-order valence-electron chi connectivity index (χ2n) is 5.76. The van der Waals surface area contributed by atoms with E-state index in [2.05, 4.69) is 50.2 Å². The average Bonchev–Trinajstić information content (AvgIpc) is 2.52. The van der Waals surface area contributed by atoms with E-state index in [9.17, 15) is 5.11 Å². The Balaban J connectivity index is 2.36. The predicted molar refractivity (Wildman–Crippen MR) is 93.2 cm³/mol. The van der Waals surface area contributed by atoms with Crippen molar-refractivity contribution in [3.05, 3.63) is 77.4 Å². The van der Waals surface area contributed by atoms with Crippen LogP contribution in [0.3, 0.4) is 0 Å². The molecule has 0 amide bonds. The van der Waals surface area contributed by atoms with Crippen molar-refractivity contribution in [3.63, 3.8) is 0 Å². The predicted octanol–water partition coefficient (Wildman–Crippen LogP) is 5.65. The molecule has 3 rings (SSSR count). The van der Waals surface area contributed by atoms with Gasteiger partial charge in [0.15, 0.2) is 0 Å². The van der Waals surface area contributed by atoms with Gasteiger partial charge in [-0.25, -0.2) is 0 Å². The highest BCUT2D eigenvalue weighted by Gasteiger charge is 2.15. The van der Waals surface area contributed by atoms with E-state index in [1.54, 1.807) is 6.07 Å². The zero-order valence-corrected chi connectivity index (χ0v) is 13.2. The smallest absolute Gasteiger partial charge is 0.119 e. The summed E-state index contributed by atoms with van der Waals surface area (Å²) in [6.45, 7) is 6.22. The van der Waals surface area contributed by atoms with Crippen LogP contribution in [0.4, 0.5) is 0 Å². The lowest BCUT2D eigenvalue weighted by molar-refractivity contribution is 0.471. The molecule has 0 aromatic heterocycles. The first-order valence-corrected chi connectivity index (χ1v) is 7.54. The molecule has 22 heavy (non-hydrogen) atoms. The van der Waals surface area contributed by atoms with Crippen LogP contribution in [0.25, 0.3) is 22.3 Å². The average molecular weight is 288 g/mol. The summed E-state index contributed by atoms with van der Waals surface area (Å²) in [5, 5.41) is 10.2. The molecule has 0 unspecified atom stereocenters. The monoisotopic (exact) mass is 288 g/mol. The molecule has 0 atom stereocenters. The second kappa shape index (κ2) is 5.69. The van der Waals surface area contributed by atoms with Crippen LogP contribution in [0.1, 0.15) is 16.7 Å². The Morgan fingerprint density at radius 2 is 1.14 bits per heavy atom. The number of phenols is 1. The zero-order valence-electron chi connectivity index (χ0n) is 13.2. The first-order valence-electron chi connectivity index (χ1n) is 7.54. The summed E-state index contributed by atoms with van der Waals surface area (Å²) in [4.78, 5) is 0. The normalized spacial score (nSPS) is 10.7. The van der Waals surface area contributed by atoms with E-state index in [1.165, 1.54) is 27.8 Å². The van der Waals surface area contributed by atoms with Gasteiger partial charge in [-0.15, -0.1) is 0 Å². The van der Waals surface area contributed by atoms with Gasteiger partial charge in [0.25, 0.3) is 0 Å². The Kier molecular flexibility index (Phi) is 3.72. The topological polar surface area (TPSA) is 20.2 Å². The lowest BCUT2D eigenvalue weighted by atomic mass is 9.87. The molecule has 1 N–H and O–H groups in total. The van der Waals surface area contributed by atoms with Gasteiger partial charge < -0.3 is 5.11 Å². The number of aryl methyl sites for hydroxylation is 2. The molecule has 3 aromatic rings. The second-order valence-corrected chi connectivity index (χ2v) is 5.76. The molecule has 1 nitrogen and oxygen atoms in total. The maximum atomic E-state index is 10.2. The van der Waals surface area contributed by atoms with E-state index < -0.39 is 0 Å². The molecular formula is C21H20O. The standard InChI is InChI=1S/C21H20O/c1-14-8-4-6-10-17(14)19-12-13-20(22)16(3)21(19)18-11-7-5-9-15(18)2/h4-13,22H,1-3H3. The van der Waals surface area contributed by atoms with Crippen LogP contribution in [-0.2, 0) is 0 Å². The minimum absolute atomic E-state index is 0.343. The highest BCUT2D eigenvalue weighted by atomic mass is 16.3. The van der Waals surface area contributed by atoms with Crippen molar-refractivity contribution in [2.45, 2.75) is 20.8 Å². The summed E-state index contributed by atoms with van der Waals surface area (Å²) in [7, 11) is 0. The van der Waals surface area contributed by atoms with Crippen LogP contribution in [0.15, 0.2) is 60.7 Å². The van der Waals surface area contributed by atoms with E-state index in [4.69, 9.17) is 0 Å². The first-order chi connectivity index (χ1) is 10.6. The van der Waals surface area contributed by atoms with Crippen molar-refractivity contribution in [3.8, 4) is 28.0 Å². The maximum absolute atomic E-state index is 10.2. The maximum Gasteiger partial charge on any atom is 0.119 e. The van der Waals surface area contributed by atoms with Gasteiger partial charge in [0.05, 0.1) is 0 Å². The van der Waals surface area contributed by atoms with Crippen LogP contribution in [0.2, 0.25) is 0 Å². The molecule has 1 heteroatoms. The molecule has 0 aliphatic rings. The molecule has 0 fully saturated rings. The zero-order chi connectivity index (χ0) is 15.7. The van der Waals surface area contributed by atoms with Crippen molar-refractivity contribution in [1.29, 1.82) is 0 Å². The molecule has 0 radical (unpaired) electrons. The van der Waals surface area contributed by atoms with Gasteiger partial charge in [0, 0.05) is 0 Å². The molecule has 0 bridgehead atoms. The van der Waals surface area contributed by atoms with Crippen molar-refractivity contribution in [2.75, 3.05) is 0 Å². The van der Waals surface area contributed by atoms with E-state index in [0.717, 1.165) is 11.1 Å². The van der Waals surface area contributed by atoms with Gasteiger partial charge >= 0.3 is 0 Å². The molecule has 0 heterocycles. The number of rotatable bonds is 2. The van der Waals surface area contributed by atoms with Crippen molar-refractivity contribution < 1.29 is 5.11 Å². The first kappa shape index (κ1) is 14.4. The van der Waals surface area contributed by atoms with E-state index in [-0.39, 0.29) is 0 Å². The highest BCUT2D eigenvalue weighted by molar-refractivity contribution is 5.89.